The van der Waals surface area contributed by atoms with Crippen LogP contribution in [0.3, 0.4) is 0 Å². The van der Waals surface area contributed by atoms with E-state index in [0.717, 1.165) is 23.1 Å². The number of rotatable bonds is 4. The molecular formula is C20H18ClFN2O2S. The first-order chi connectivity index (χ1) is 13.1. The molecule has 0 N–H and O–H groups in total. The molecule has 2 heterocycles. The number of likely N-dealkylation sites (tertiary alicyclic amines) is 1. The third kappa shape index (κ3) is 3.92. The summed E-state index contributed by atoms with van der Waals surface area (Å²) in [5, 5.41) is 0.828. The molecule has 2 aromatic carbocycles. The zero-order valence-corrected chi connectivity index (χ0v) is 16.1. The van der Waals surface area contributed by atoms with Gasteiger partial charge in [0.1, 0.15) is 5.82 Å². The Labute approximate surface area is 165 Å². The number of para-hydroxylation sites is 1. The molecule has 1 fully saturated rings. The molecule has 3 aromatic rings. The summed E-state index contributed by atoms with van der Waals surface area (Å²) in [6.07, 6.45) is 1.62. The minimum atomic E-state index is -0.575. The average Bonchev–Trinajstić information content (AvgIpc) is 3.09. The van der Waals surface area contributed by atoms with Crippen molar-refractivity contribution in [3.05, 3.63) is 58.9 Å². The maximum Gasteiger partial charge on any atom is 0.274 e. The van der Waals surface area contributed by atoms with Crippen LogP contribution in [-0.4, -0.2) is 35.5 Å². The van der Waals surface area contributed by atoms with Crippen LogP contribution in [0.15, 0.2) is 42.5 Å². The smallest absolute Gasteiger partial charge is 0.274 e. The number of fused-ring (bicyclic) bond motifs is 1. The summed E-state index contributed by atoms with van der Waals surface area (Å²) in [6, 6.07) is 12.2. The SMILES string of the molecule is O=C(c1c(F)cccc1Cl)N1CCC(COc2nc3ccccc3s2)CC1. The number of benzene rings is 2. The maximum absolute atomic E-state index is 14.0. The lowest BCUT2D eigenvalue weighted by molar-refractivity contribution is 0.0656. The van der Waals surface area contributed by atoms with Crippen LogP contribution in [0.2, 0.25) is 5.02 Å². The molecule has 140 valence electrons. The van der Waals surface area contributed by atoms with Crippen molar-refractivity contribution in [2.24, 2.45) is 5.92 Å². The monoisotopic (exact) mass is 404 g/mol. The minimum absolute atomic E-state index is 0.0386. The van der Waals surface area contributed by atoms with Gasteiger partial charge in [0.2, 0.25) is 0 Å². The zero-order chi connectivity index (χ0) is 18.8. The summed E-state index contributed by atoms with van der Waals surface area (Å²) in [5.74, 6) is -0.574. The zero-order valence-electron chi connectivity index (χ0n) is 14.5. The van der Waals surface area contributed by atoms with Gasteiger partial charge in [0, 0.05) is 13.1 Å². The summed E-state index contributed by atoms with van der Waals surface area (Å²) in [7, 11) is 0. The highest BCUT2D eigenvalue weighted by Gasteiger charge is 2.27. The summed E-state index contributed by atoms with van der Waals surface area (Å²) in [4.78, 5) is 18.7. The van der Waals surface area contributed by atoms with E-state index in [-0.39, 0.29) is 16.5 Å². The molecule has 4 rings (SSSR count). The van der Waals surface area contributed by atoms with Gasteiger partial charge in [0.05, 0.1) is 27.4 Å². The molecule has 27 heavy (non-hydrogen) atoms. The number of carbonyl (C=O) groups is 1. The fourth-order valence-electron chi connectivity index (χ4n) is 3.26. The van der Waals surface area contributed by atoms with E-state index < -0.39 is 5.82 Å². The van der Waals surface area contributed by atoms with E-state index in [4.69, 9.17) is 16.3 Å². The van der Waals surface area contributed by atoms with Crippen molar-refractivity contribution in [1.82, 2.24) is 9.88 Å². The number of ether oxygens (including phenoxy) is 1. The van der Waals surface area contributed by atoms with Crippen molar-refractivity contribution in [1.29, 1.82) is 0 Å². The molecule has 0 atom stereocenters. The summed E-state index contributed by atoms with van der Waals surface area (Å²) in [6.45, 7) is 1.71. The van der Waals surface area contributed by atoms with Crippen molar-refractivity contribution < 1.29 is 13.9 Å². The Bertz CT molecular complexity index is 916. The Morgan fingerprint density at radius 1 is 1.22 bits per heavy atom. The average molecular weight is 405 g/mol. The summed E-state index contributed by atoms with van der Waals surface area (Å²) in [5.41, 5.74) is 0.906. The Morgan fingerprint density at radius 3 is 2.74 bits per heavy atom. The number of carbonyl (C=O) groups excluding carboxylic acids is 1. The molecule has 1 aliphatic rings. The van der Waals surface area contributed by atoms with E-state index in [1.807, 2.05) is 24.3 Å². The largest absolute Gasteiger partial charge is 0.470 e. The van der Waals surface area contributed by atoms with Crippen LogP contribution in [0.4, 0.5) is 4.39 Å². The topological polar surface area (TPSA) is 42.4 Å². The maximum atomic E-state index is 14.0. The van der Waals surface area contributed by atoms with E-state index in [2.05, 4.69) is 4.98 Å². The van der Waals surface area contributed by atoms with Crippen LogP contribution in [-0.2, 0) is 0 Å². The molecular weight excluding hydrogens is 387 g/mol. The Balaban J connectivity index is 1.33. The molecule has 0 radical (unpaired) electrons. The number of nitrogens with zero attached hydrogens (tertiary/aromatic N) is 2. The second kappa shape index (κ2) is 7.82. The fraction of sp³-hybridized carbons (Fsp3) is 0.300. The third-order valence-corrected chi connectivity index (χ3v) is 6.06. The highest BCUT2D eigenvalue weighted by atomic mass is 35.5. The molecule has 0 bridgehead atoms. The highest BCUT2D eigenvalue weighted by molar-refractivity contribution is 7.20. The molecule has 0 saturated carbocycles. The molecule has 4 nitrogen and oxygen atoms in total. The van der Waals surface area contributed by atoms with Gasteiger partial charge in [-0.15, -0.1) is 0 Å². The van der Waals surface area contributed by atoms with Crippen molar-refractivity contribution in [3.8, 4) is 5.19 Å². The van der Waals surface area contributed by atoms with E-state index in [1.54, 1.807) is 4.90 Å². The van der Waals surface area contributed by atoms with Gasteiger partial charge in [0.15, 0.2) is 0 Å². The number of hydrogen-bond acceptors (Lipinski definition) is 4. The van der Waals surface area contributed by atoms with E-state index in [1.165, 1.54) is 29.5 Å². The Hall–Kier alpha value is -2.18. The predicted octanol–water partition coefficient (Wildman–Crippen LogP) is 5.02. The number of aromatic nitrogens is 1. The normalized spacial score (nSPS) is 15.3. The van der Waals surface area contributed by atoms with Crippen LogP contribution in [0, 0.1) is 11.7 Å². The first kappa shape index (κ1) is 18.2. The minimum Gasteiger partial charge on any atom is -0.470 e. The van der Waals surface area contributed by atoms with Crippen LogP contribution >= 0.6 is 22.9 Å². The van der Waals surface area contributed by atoms with Gasteiger partial charge in [-0.25, -0.2) is 9.37 Å². The van der Waals surface area contributed by atoms with Gasteiger partial charge in [-0.3, -0.25) is 4.79 Å². The number of thiazole rings is 1. The van der Waals surface area contributed by atoms with Crippen LogP contribution in [0.1, 0.15) is 23.2 Å². The van der Waals surface area contributed by atoms with Crippen molar-refractivity contribution in [3.63, 3.8) is 0 Å². The predicted molar refractivity (Wildman–Crippen MR) is 105 cm³/mol. The van der Waals surface area contributed by atoms with Crippen molar-refractivity contribution >= 4 is 39.1 Å². The van der Waals surface area contributed by atoms with Gasteiger partial charge >= 0.3 is 0 Å². The molecule has 7 heteroatoms. The van der Waals surface area contributed by atoms with Crippen molar-refractivity contribution in [2.45, 2.75) is 12.8 Å². The van der Waals surface area contributed by atoms with E-state index in [0.29, 0.717) is 30.8 Å². The first-order valence-corrected chi connectivity index (χ1v) is 10.0. The molecule has 0 spiro atoms. The summed E-state index contributed by atoms with van der Waals surface area (Å²) >= 11 is 7.55. The van der Waals surface area contributed by atoms with Gasteiger partial charge in [-0.05, 0) is 43.0 Å². The number of hydrogen-bond donors (Lipinski definition) is 0. The molecule has 0 aliphatic carbocycles. The second-order valence-corrected chi connectivity index (χ2v) is 7.99. The molecule has 1 amide bonds. The molecule has 1 aliphatic heterocycles. The van der Waals surface area contributed by atoms with Gasteiger partial charge in [0.25, 0.3) is 11.1 Å². The van der Waals surface area contributed by atoms with E-state index in [9.17, 15) is 9.18 Å². The lowest BCUT2D eigenvalue weighted by Crippen LogP contribution is -2.40. The van der Waals surface area contributed by atoms with Crippen molar-refractivity contribution in [2.75, 3.05) is 19.7 Å². The van der Waals surface area contributed by atoms with Crippen LogP contribution in [0.25, 0.3) is 10.2 Å². The molecule has 0 unspecified atom stereocenters. The highest BCUT2D eigenvalue weighted by Crippen LogP contribution is 2.29. The van der Waals surface area contributed by atoms with Gasteiger partial charge in [-0.1, -0.05) is 41.1 Å². The first-order valence-electron chi connectivity index (χ1n) is 8.83. The molecule has 1 saturated heterocycles. The molecule has 1 aromatic heterocycles. The lowest BCUT2D eigenvalue weighted by Gasteiger charge is -2.32. The quantitative estimate of drug-likeness (QED) is 0.613. The standard InChI is InChI=1S/C20H18ClFN2O2S/c21-14-4-3-5-15(22)18(14)19(25)24-10-8-13(9-11-24)12-26-20-23-16-6-1-2-7-17(16)27-20/h1-7,13H,8-12H2. The number of amides is 1. The Kier molecular flexibility index (Phi) is 5.27. The van der Waals surface area contributed by atoms with Crippen LogP contribution in [0.5, 0.6) is 5.19 Å². The number of piperidine rings is 1. The summed E-state index contributed by atoms with van der Waals surface area (Å²) < 4.78 is 20.9. The van der Waals surface area contributed by atoms with Gasteiger partial charge in [-0.2, -0.15) is 0 Å². The second-order valence-electron chi connectivity index (χ2n) is 6.59. The third-order valence-electron chi connectivity index (χ3n) is 4.80. The van der Waals surface area contributed by atoms with Crippen LogP contribution < -0.4 is 4.74 Å². The lowest BCUT2D eigenvalue weighted by atomic mass is 9.97. The van der Waals surface area contributed by atoms with Gasteiger partial charge < -0.3 is 9.64 Å². The Morgan fingerprint density at radius 2 is 2.00 bits per heavy atom. The fourth-order valence-corrected chi connectivity index (χ4v) is 4.33. The van der Waals surface area contributed by atoms with E-state index >= 15 is 0 Å². The number of halogens is 2.